The monoisotopic (exact) mass is 504 g/mol. The number of halogens is 1. The number of hydrogen-bond acceptors (Lipinski definition) is 4. The van der Waals surface area contributed by atoms with Gasteiger partial charge in [-0.3, -0.25) is 0 Å². The Balaban J connectivity index is 0.00000300. The van der Waals surface area contributed by atoms with E-state index in [2.05, 4.69) is 34.3 Å². The Morgan fingerprint density at radius 1 is 1.03 bits per heavy atom. The lowest BCUT2D eigenvalue weighted by Crippen LogP contribution is -2.22. The molecule has 6 nitrogen and oxygen atoms in total. The molecule has 0 spiro atoms. The predicted octanol–water partition coefficient (Wildman–Crippen LogP) is 4.99. The molecule has 0 aliphatic heterocycles. The molecule has 0 aliphatic carbocycles. The zero-order valence-electron chi connectivity index (χ0n) is 16.5. The lowest BCUT2D eigenvalue weighted by molar-refractivity contribution is 0.407. The normalized spacial score (nSPS) is 10.8. The van der Waals surface area contributed by atoms with Crippen LogP contribution in [0.1, 0.15) is 18.1 Å². The van der Waals surface area contributed by atoms with Gasteiger partial charge in [-0.05, 0) is 41.8 Å². The molecule has 2 aromatic carbocycles. The second-order valence-corrected chi connectivity index (χ2v) is 6.16. The van der Waals surface area contributed by atoms with Crippen molar-refractivity contribution in [3.63, 3.8) is 0 Å². The number of aryl methyl sites for hydroxylation is 1. The van der Waals surface area contributed by atoms with E-state index in [4.69, 9.17) is 15.2 Å². The van der Waals surface area contributed by atoms with Crippen LogP contribution in [-0.2, 0) is 13.0 Å². The largest absolute Gasteiger partial charge is 0.497 e. The van der Waals surface area contributed by atoms with E-state index in [0.717, 1.165) is 23.4 Å². The summed E-state index contributed by atoms with van der Waals surface area (Å²) in [5, 5.41) is 3.09. The maximum Gasteiger partial charge on any atom is 0.219 e. The van der Waals surface area contributed by atoms with Crippen molar-refractivity contribution in [3.8, 4) is 17.4 Å². The number of hydrogen-bond donors (Lipinski definition) is 2. The van der Waals surface area contributed by atoms with E-state index in [-0.39, 0.29) is 24.0 Å². The van der Waals surface area contributed by atoms with E-state index in [9.17, 15) is 0 Å². The van der Waals surface area contributed by atoms with Crippen molar-refractivity contribution in [1.82, 2.24) is 4.98 Å². The summed E-state index contributed by atoms with van der Waals surface area (Å²) < 4.78 is 10.9. The van der Waals surface area contributed by atoms with Crippen molar-refractivity contribution in [2.75, 3.05) is 12.4 Å². The molecule has 3 aromatic rings. The molecule has 0 radical (unpaired) electrons. The first-order chi connectivity index (χ1) is 13.7. The molecule has 7 heteroatoms. The SMILES string of the molecule is CCc1ccc(NC(N)=NCc2ccc(Oc3cccc(OC)c3)nc2)cc1.I. The molecule has 0 atom stereocenters. The zero-order valence-corrected chi connectivity index (χ0v) is 18.8. The summed E-state index contributed by atoms with van der Waals surface area (Å²) in [4.78, 5) is 8.67. The maximum atomic E-state index is 5.97. The van der Waals surface area contributed by atoms with Gasteiger partial charge in [-0.15, -0.1) is 24.0 Å². The number of pyridine rings is 1. The van der Waals surface area contributed by atoms with Crippen molar-refractivity contribution in [1.29, 1.82) is 0 Å². The number of rotatable bonds is 7. The van der Waals surface area contributed by atoms with Crippen molar-refractivity contribution < 1.29 is 9.47 Å². The number of benzene rings is 2. The van der Waals surface area contributed by atoms with Gasteiger partial charge < -0.3 is 20.5 Å². The fourth-order valence-electron chi connectivity index (χ4n) is 2.54. The van der Waals surface area contributed by atoms with Crippen molar-refractivity contribution in [2.45, 2.75) is 19.9 Å². The number of methoxy groups -OCH3 is 1. The third-order valence-corrected chi connectivity index (χ3v) is 4.13. The van der Waals surface area contributed by atoms with Gasteiger partial charge >= 0.3 is 0 Å². The number of nitrogens with zero attached hydrogens (tertiary/aromatic N) is 2. The third kappa shape index (κ3) is 6.94. The van der Waals surface area contributed by atoms with Crippen molar-refractivity contribution in [3.05, 3.63) is 78.0 Å². The van der Waals surface area contributed by atoms with E-state index >= 15 is 0 Å². The van der Waals surface area contributed by atoms with Gasteiger partial charge in [0.25, 0.3) is 0 Å². The van der Waals surface area contributed by atoms with Crippen LogP contribution in [0.25, 0.3) is 0 Å². The average Bonchev–Trinajstić information content (AvgIpc) is 2.74. The summed E-state index contributed by atoms with van der Waals surface area (Å²) in [5.41, 5.74) is 9.10. The summed E-state index contributed by atoms with van der Waals surface area (Å²) in [6, 6.07) is 19.2. The minimum Gasteiger partial charge on any atom is -0.497 e. The Bertz CT molecular complexity index is 928. The highest BCUT2D eigenvalue weighted by molar-refractivity contribution is 14.0. The fraction of sp³-hybridized carbons (Fsp3) is 0.182. The van der Waals surface area contributed by atoms with Crippen LogP contribution >= 0.6 is 24.0 Å². The summed E-state index contributed by atoms with van der Waals surface area (Å²) in [5.74, 6) is 2.26. The van der Waals surface area contributed by atoms with Gasteiger partial charge in [0, 0.05) is 24.0 Å². The molecule has 0 fully saturated rings. The van der Waals surface area contributed by atoms with Gasteiger partial charge in [0.05, 0.1) is 13.7 Å². The highest BCUT2D eigenvalue weighted by Gasteiger charge is 2.02. The van der Waals surface area contributed by atoms with Crippen molar-refractivity contribution >= 4 is 35.6 Å². The van der Waals surface area contributed by atoms with Crippen LogP contribution in [0.4, 0.5) is 5.69 Å². The van der Waals surface area contributed by atoms with Gasteiger partial charge in [0.1, 0.15) is 11.5 Å². The van der Waals surface area contributed by atoms with E-state index in [1.165, 1.54) is 5.56 Å². The average molecular weight is 504 g/mol. The number of nitrogens with two attached hydrogens (primary N) is 1. The molecule has 1 aromatic heterocycles. The number of aromatic nitrogens is 1. The second-order valence-electron chi connectivity index (χ2n) is 6.16. The highest BCUT2D eigenvalue weighted by atomic mass is 127. The molecule has 0 unspecified atom stereocenters. The Labute approximate surface area is 188 Å². The van der Waals surface area contributed by atoms with Gasteiger partial charge in [0.15, 0.2) is 5.96 Å². The van der Waals surface area contributed by atoms with E-state index in [1.807, 2.05) is 36.4 Å². The van der Waals surface area contributed by atoms with Crippen LogP contribution in [0.2, 0.25) is 0 Å². The number of guanidine groups is 1. The smallest absolute Gasteiger partial charge is 0.219 e. The van der Waals surface area contributed by atoms with E-state index in [1.54, 1.807) is 25.4 Å². The summed E-state index contributed by atoms with van der Waals surface area (Å²) >= 11 is 0. The van der Waals surface area contributed by atoms with Crippen LogP contribution in [0, 0.1) is 0 Å². The quantitative estimate of drug-likeness (QED) is 0.269. The fourth-order valence-corrected chi connectivity index (χ4v) is 2.54. The van der Waals surface area contributed by atoms with Gasteiger partial charge in [-0.2, -0.15) is 0 Å². The molecule has 0 aliphatic rings. The first kappa shape index (κ1) is 22.5. The molecule has 0 bridgehead atoms. The number of ether oxygens (including phenoxy) is 2. The Morgan fingerprint density at radius 3 is 2.41 bits per heavy atom. The number of anilines is 1. The number of nitrogens with one attached hydrogen (secondary N) is 1. The first-order valence-corrected chi connectivity index (χ1v) is 9.09. The maximum absolute atomic E-state index is 5.97. The molecule has 3 N–H and O–H groups in total. The Kier molecular flexibility index (Phi) is 8.72. The van der Waals surface area contributed by atoms with E-state index < -0.39 is 0 Å². The molecule has 3 rings (SSSR count). The summed E-state index contributed by atoms with van der Waals surface area (Å²) in [6.07, 6.45) is 2.73. The minimum atomic E-state index is 0. The zero-order chi connectivity index (χ0) is 19.8. The van der Waals surface area contributed by atoms with E-state index in [0.29, 0.717) is 24.1 Å². The van der Waals surface area contributed by atoms with Crippen molar-refractivity contribution in [2.24, 2.45) is 10.7 Å². The summed E-state index contributed by atoms with van der Waals surface area (Å²) in [6.45, 7) is 2.55. The standard InChI is InChI=1S/C22H24N4O2.HI/c1-3-16-7-10-18(11-8-16)26-22(23)25-15-17-9-12-21(24-14-17)28-20-6-4-5-19(13-20)27-2;/h4-14H,3,15H2,1-2H3,(H3,23,25,26);1H. The minimum absolute atomic E-state index is 0. The van der Waals surface area contributed by atoms with Gasteiger partial charge in [0.2, 0.25) is 5.88 Å². The molecule has 1 heterocycles. The molecule has 0 amide bonds. The lowest BCUT2D eigenvalue weighted by Gasteiger charge is -2.08. The summed E-state index contributed by atoms with van der Waals surface area (Å²) in [7, 11) is 1.62. The Hall–Kier alpha value is -2.81. The molecule has 0 saturated carbocycles. The molecule has 0 saturated heterocycles. The van der Waals surface area contributed by atoms with Gasteiger partial charge in [-0.1, -0.05) is 31.2 Å². The molecular weight excluding hydrogens is 479 g/mol. The van der Waals surface area contributed by atoms with Crippen LogP contribution < -0.4 is 20.5 Å². The van der Waals surface area contributed by atoms with Gasteiger partial charge in [-0.25, -0.2) is 9.98 Å². The Morgan fingerprint density at radius 2 is 1.76 bits per heavy atom. The number of aliphatic imine (C=N–C) groups is 1. The molecule has 29 heavy (non-hydrogen) atoms. The molecule has 152 valence electrons. The lowest BCUT2D eigenvalue weighted by atomic mass is 10.1. The third-order valence-electron chi connectivity index (χ3n) is 4.13. The van der Waals surface area contributed by atoms with Crippen LogP contribution in [-0.4, -0.2) is 18.1 Å². The topological polar surface area (TPSA) is 81.8 Å². The first-order valence-electron chi connectivity index (χ1n) is 9.09. The van der Waals surface area contributed by atoms with Crippen LogP contribution in [0.15, 0.2) is 71.9 Å². The van der Waals surface area contributed by atoms with Crippen LogP contribution in [0.3, 0.4) is 0 Å². The van der Waals surface area contributed by atoms with Crippen LogP contribution in [0.5, 0.6) is 17.4 Å². The second kappa shape index (κ2) is 11.3. The predicted molar refractivity (Wildman–Crippen MR) is 127 cm³/mol. The highest BCUT2D eigenvalue weighted by Crippen LogP contribution is 2.23. The molecular formula is C22H25IN4O2.